The van der Waals surface area contributed by atoms with Crippen molar-refractivity contribution in [3.8, 4) is 17.2 Å². The number of hydrogen-bond acceptors (Lipinski definition) is 4. The lowest BCUT2D eigenvalue weighted by molar-refractivity contribution is 0.102. The Morgan fingerprint density at radius 2 is 1.93 bits per heavy atom. The number of hydrogen-bond donors (Lipinski definition) is 1. The maximum absolute atomic E-state index is 13.0. The van der Waals surface area contributed by atoms with Crippen molar-refractivity contribution >= 4 is 23.2 Å². The van der Waals surface area contributed by atoms with E-state index in [1.54, 1.807) is 23.0 Å². The van der Waals surface area contributed by atoms with Gasteiger partial charge in [-0.2, -0.15) is 5.10 Å². The van der Waals surface area contributed by atoms with Gasteiger partial charge in [0, 0.05) is 23.2 Å². The number of fused-ring (bicyclic) bond motifs is 1. The van der Waals surface area contributed by atoms with Crippen LogP contribution in [0, 0.1) is 0 Å². The number of ether oxygens (including phenoxy) is 2. The van der Waals surface area contributed by atoms with Crippen molar-refractivity contribution < 1.29 is 14.3 Å². The summed E-state index contributed by atoms with van der Waals surface area (Å²) in [7, 11) is 0. The number of halogens is 1. The minimum Gasteiger partial charge on any atom is -0.490 e. The highest BCUT2D eigenvalue weighted by atomic mass is 35.5. The summed E-state index contributed by atoms with van der Waals surface area (Å²) < 4.78 is 13.1. The van der Waals surface area contributed by atoms with E-state index in [1.807, 2.05) is 44.2 Å². The Hall–Kier alpha value is -2.99. The molecule has 4 rings (SSSR count). The van der Waals surface area contributed by atoms with Crippen molar-refractivity contribution in [3.05, 3.63) is 64.9 Å². The molecule has 1 N–H and O–H groups in total. The van der Waals surface area contributed by atoms with Crippen molar-refractivity contribution in [1.82, 2.24) is 9.78 Å². The van der Waals surface area contributed by atoms with Gasteiger partial charge in [0.2, 0.25) is 0 Å². The highest BCUT2D eigenvalue weighted by Gasteiger charge is 2.22. The highest BCUT2D eigenvalue weighted by molar-refractivity contribution is 6.30. The highest BCUT2D eigenvalue weighted by Crippen LogP contribution is 2.33. The Morgan fingerprint density at radius 1 is 1.14 bits per heavy atom. The Bertz CT molecular complexity index is 1050. The lowest BCUT2D eigenvalue weighted by atomic mass is 10.0. The van der Waals surface area contributed by atoms with Crippen LogP contribution >= 0.6 is 11.6 Å². The second kappa shape index (κ2) is 8.17. The molecule has 7 heteroatoms. The second-order valence-corrected chi connectivity index (χ2v) is 7.59. The first-order chi connectivity index (χ1) is 14.0. The van der Waals surface area contributed by atoms with Crippen LogP contribution in [0.3, 0.4) is 0 Å². The summed E-state index contributed by atoms with van der Waals surface area (Å²) >= 11 is 6.13. The number of nitrogens with one attached hydrogen (secondary N) is 1. The SMILES string of the molecule is CC(C)c1c(C(=O)Nc2ccc3c(c2)OCCCO3)cnn1-c1cccc(Cl)c1. The Balaban J connectivity index is 1.63. The molecule has 1 amide bonds. The number of amides is 1. The molecule has 0 unspecified atom stereocenters. The van der Waals surface area contributed by atoms with Crippen LogP contribution in [0.5, 0.6) is 11.5 Å². The van der Waals surface area contributed by atoms with Gasteiger partial charge in [-0.1, -0.05) is 31.5 Å². The van der Waals surface area contributed by atoms with Crippen LogP contribution in [0.2, 0.25) is 5.02 Å². The Labute approximate surface area is 174 Å². The smallest absolute Gasteiger partial charge is 0.259 e. The predicted molar refractivity (Wildman–Crippen MR) is 113 cm³/mol. The zero-order valence-corrected chi connectivity index (χ0v) is 17.1. The topological polar surface area (TPSA) is 65.4 Å². The van der Waals surface area contributed by atoms with Crippen LogP contribution in [0.25, 0.3) is 5.69 Å². The third-order valence-corrected chi connectivity index (χ3v) is 4.89. The molecular weight excluding hydrogens is 390 g/mol. The first kappa shape index (κ1) is 19.3. The molecular formula is C22H22ClN3O3. The monoisotopic (exact) mass is 411 g/mol. The molecule has 2 heterocycles. The van der Waals surface area contributed by atoms with Crippen LogP contribution < -0.4 is 14.8 Å². The minimum atomic E-state index is -0.225. The zero-order valence-electron chi connectivity index (χ0n) is 16.3. The van der Waals surface area contributed by atoms with Gasteiger partial charge in [-0.05, 0) is 36.2 Å². The van der Waals surface area contributed by atoms with Gasteiger partial charge < -0.3 is 14.8 Å². The van der Waals surface area contributed by atoms with Gasteiger partial charge in [0.1, 0.15) is 0 Å². The Kier molecular flexibility index (Phi) is 5.45. The molecule has 0 radical (unpaired) electrons. The molecule has 6 nitrogen and oxygen atoms in total. The van der Waals surface area contributed by atoms with E-state index in [0.717, 1.165) is 17.8 Å². The molecule has 0 bridgehead atoms. The first-order valence-electron chi connectivity index (χ1n) is 9.58. The minimum absolute atomic E-state index is 0.0843. The van der Waals surface area contributed by atoms with E-state index in [2.05, 4.69) is 10.4 Å². The fraction of sp³-hybridized carbons (Fsp3) is 0.273. The quantitative estimate of drug-likeness (QED) is 0.651. The summed E-state index contributed by atoms with van der Waals surface area (Å²) in [5.41, 5.74) is 2.80. The van der Waals surface area contributed by atoms with E-state index in [0.29, 0.717) is 41.0 Å². The van der Waals surface area contributed by atoms with Crippen molar-refractivity contribution in [2.45, 2.75) is 26.2 Å². The number of rotatable bonds is 4. The summed E-state index contributed by atoms with van der Waals surface area (Å²) in [4.78, 5) is 13.0. The zero-order chi connectivity index (χ0) is 20.4. The Morgan fingerprint density at radius 3 is 2.69 bits per heavy atom. The molecule has 1 aliphatic rings. The van der Waals surface area contributed by atoms with E-state index in [4.69, 9.17) is 21.1 Å². The number of nitrogens with zero attached hydrogens (tertiary/aromatic N) is 2. The van der Waals surface area contributed by atoms with E-state index < -0.39 is 0 Å². The van der Waals surface area contributed by atoms with Gasteiger partial charge in [-0.25, -0.2) is 4.68 Å². The second-order valence-electron chi connectivity index (χ2n) is 7.16. The van der Waals surface area contributed by atoms with Crippen LogP contribution in [-0.2, 0) is 0 Å². The van der Waals surface area contributed by atoms with Gasteiger partial charge in [-0.3, -0.25) is 4.79 Å². The molecule has 150 valence electrons. The standard InChI is InChI=1S/C22H22ClN3O3/c1-14(2)21-18(13-24-26(21)17-6-3-5-15(23)11-17)22(27)25-16-7-8-19-20(12-16)29-10-4-9-28-19/h3,5-8,11-14H,4,9-10H2,1-2H3,(H,25,27). The summed E-state index contributed by atoms with van der Waals surface area (Å²) in [6.07, 6.45) is 2.42. The summed E-state index contributed by atoms with van der Waals surface area (Å²) in [5, 5.41) is 8.01. The normalized spacial score (nSPS) is 13.2. The molecule has 0 saturated carbocycles. The summed E-state index contributed by atoms with van der Waals surface area (Å²) in [6, 6.07) is 12.8. The maximum Gasteiger partial charge on any atom is 0.259 e. The van der Waals surface area contributed by atoms with Crippen molar-refractivity contribution in [3.63, 3.8) is 0 Å². The maximum atomic E-state index is 13.0. The number of aromatic nitrogens is 2. The molecule has 1 aromatic heterocycles. The van der Waals surface area contributed by atoms with Crippen LogP contribution in [0.4, 0.5) is 5.69 Å². The largest absolute Gasteiger partial charge is 0.490 e. The van der Waals surface area contributed by atoms with Gasteiger partial charge in [-0.15, -0.1) is 0 Å². The fourth-order valence-electron chi connectivity index (χ4n) is 3.34. The third-order valence-electron chi connectivity index (χ3n) is 4.66. The van der Waals surface area contributed by atoms with Crippen molar-refractivity contribution in [1.29, 1.82) is 0 Å². The molecule has 0 fully saturated rings. The van der Waals surface area contributed by atoms with Gasteiger partial charge in [0.05, 0.1) is 36.4 Å². The van der Waals surface area contributed by atoms with E-state index >= 15 is 0 Å². The van der Waals surface area contributed by atoms with Gasteiger partial charge >= 0.3 is 0 Å². The van der Waals surface area contributed by atoms with E-state index in [1.165, 1.54) is 0 Å². The number of carbonyl (C=O) groups is 1. The van der Waals surface area contributed by atoms with Crippen LogP contribution in [0.15, 0.2) is 48.7 Å². The molecule has 0 aliphatic carbocycles. The molecule has 2 aromatic carbocycles. The fourth-order valence-corrected chi connectivity index (χ4v) is 3.53. The number of carbonyl (C=O) groups excluding carboxylic acids is 1. The molecule has 29 heavy (non-hydrogen) atoms. The lowest BCUT2D eigenvalue weighted by Gasteiger charge is -2.14. The lowest BCUT2D eigenvalue weighted by Crippen LogP contribution is -2.15. The third kappa shape index (κ3) is 4.07. The number of anilines is 1. The van der Waals surface area contributed by atoms with Crippen LogP contribution in [0.1, 0.15) is 42.2 Å². The molecule has 0 spiro atoms. The first-order valence-corrected chi connectivity index (χ1v) is 9.95. The molecule has 3 aromatic rings. The average Bonchev–Trinajstić information content (AvgIpc) is 3.02. The van der Waals surface area contributed by atoms with Crippen molar-refractivity contribution in [2.75, 3.05) is 18.5 Å². The molecule has 0 saturated heterocycles. The number of benzene rings is 2. The van der Waals surface area contributed by atoms with E-state index in [9.17, 15) is 4.79 Å². The van der Waals surface area contributed by atoms with Gasteiger partial charge in [0.25, 0.3) is 5.91 Å². The molecule has 1 aliphatic heterocycles. The summed E-state index contributed by atoms with van der Waals surface area (Å²) in [5.74, 6) is 1.19. The van der Waals surface area contributed by atoms with Crippen LogP contribution in [-0.4, -0.2) is 28.9 Å². The van der Waals surface area contributed by atoms with Crippen molar-refractivity contribution in [2.24, 2.45) is 0 Å². The van der Waals surface area contributed by atoms with Gasteiger partial charge in [0.15, 0.2) is 11.5 Å². The average molecular weight is 412 g/mol. The van der Waals surface area contributed by atoms with E-state index in [-0.39, 0.29) is 11.8 Å². The predicted octanol–water partition coefficient (Wildman–Crippen LogP) is 5.06. The summed E-state index contributed by atoms with van der Waals surface area (Å²) in [6.45, 7) is 5.28. The molecule has 0 atom stereocenters.